The van der Waals surface area contributed by atoms with E-state index in [4.69, 9.17) is 4.74 Å². The maximum Gasteiger partial charge on any atom is 0.122 e. The van der Waals surface area contributed by atoms with Crippen LogP contribution in [0.25, 0.3) is 0 Å². The summed E-state index contributed by atoms with van der Waals surface area (Å²) in [5.41, 5.74) is 2.82. The normalized spacial score (nSPS) is 17.0. The minimum atomic E-state index is 1.00. The van der Waals surface area contributed by atoms with E-state index in [1.165, 1.54) is 24.1 Å². The third kappa shape index (κ3) is 2.64. The van der Waals surface area contributed by atoms with E-state index in [1.54, 1.807) is 7.11 Å². The van der Waals surface area contributed by atoms with E-state index in [-0.39, 0.29) is 0 Å². The molecule has 2 nitrogen and oxygen atoms in total. The molecule has 0 bridgehead atoms. The molecule has 0 saturated heterocycles. The summed E-state index contributed by atoms with van der Waals surface area (Å²) in [6.07, 6.45) is 4.54. The molecule has 16 heavy (non-hydrogen) atoms. The fourth-order valence-corrected chi connectivity index (χ4v) is 2.07. The molecular formula is C14H19NO. The van der Waals surface area contributed by atoms with Crippen LogP contribution in [-0.4, -0.2) is 32.1 Å². The van der Waals surface area contributed by atoms with Crippen LogP contribution in [0, 0.1) is 0 Å². The van der Waals surface area contributed by atoms with Gasteiger partial charge in [0.25, 0.3) is 0 Å². The van der Waals surface area contributed by atoms with Gasteiger partial charge in [0.15, 0.2) is 0 Å². The number of methoxy groups -OCH3 is 1. The zero-order valence-corrected chi connectivity index (χ0v) is 10.1. The van der Waals surface area contributed by atoms with E-state index < -0.39 is 0 Å². The van der Waals surface area contributed by atoms with Gasteiger partial charge in [-0.3, -0.25) is 0 Å². The summed E-state index contributed by atoms with van der Waals surface area (Å²) < 4.78 is 5.37. The Kier molecular flexibility index (Phi) is 3.62. The van der Waals surface area contributed by atoms with E-state index in [0.29, 0.717) is 0 Å². The molecule has 1 aromatic rings. The molecule has 1 heterocycles. The molecule has 0 fully saturated rings. The second-order valence-corrected chi connectivity index (χ2v) is 4.36. The van der Waals surface area contributed by atoms with Gasteiger partial charge in [0.05, 0.1) is 7.11 Å². The number of likely N-dealkylation sites (N-methyl/N-ethyl adjacent to an activating group) is 1. The lowest BCUT2D eigenvalue weighted by Crippen LogP contribution is -2.24. The summed E-state index contributed by atoms with van der Waals surface area (Å²) in [6.45, 7) is 2.24. The maximum absolute atomic E-state index is 5.37. The second-order valence-electron chi connectivity index (χ2n) is 4.36. The zero-order chi connectivity index (χ0) is 11.4. The Morgan fingerprint density at radius 1 is 1.31 bits per heavy atom. The molecule has 0 atom stereocenters. The number of hydrogen-bond acceptors (Lipinski definition) is 2. The SMILES string of the molecule is COc1ccccc1CC1=CCN(C)CC1. The van der Waals surface area contributed by atoms with Crippen LogP contribution in [-0.2, 0) is 6.42 Å². The number of para-hydroxylation sites is 1. The fourth-order valence-electron chi connectivity index (χ4n) is 2.07. The van der Waals surface area contributed by atoms with Gasteiger partial charge in [-0.15, -0.1) is 0 Å². The molecule has 0 unspecified atom stereocenters. The second kappa shape index (κ2) is 5.17. The van der Waals surface area contributed by atoms with Crippen LogP contribution in [0.2, 0.25) is 0 Å². The first-order valence-electron chi connectivity index (χ1n) is 5.78. The number of rotatable bonds is 3. The lowest BCUT2D eigenvalue weighted by Gasteiger charge is -2.22. The number of benzene rings is 1. The van der Waals surface area contributed by atoms with Crippen LogP contribution in [0.4, 0.5) is 0 Å². The van der Waals surface area contributed by atoms with Gasteiger partial charge in [0, 0.05) is 13.1 Å². The Morgan fingerprint density at radius 3 is 2.81 bits per heavy atom. The fraction of sp³-hybridized carbons (Fsp3) is 0.429. The van der Waals surface area contributed by atoms with Crippen molar-refractivity contribution in [1.29, 1.82) is 0 Å². The van der Waals surface area contributed by atoms with Crippen molar-refractivity contribution in [2.45, 2.75) is 12.8 Å². The van der Waals surface area contributed by atoms with Gasteiger partial charge in [-0.1, -0.05) is 29.8 Å². The molecule has 1 aromatic carbocycles. The van der Waals surface area contributed by atoms with E-state index in [9.17, 15) is 0 Å². The largest absolute Gasteiger partial charge is 0.496 e. The van der Waals surface area contributed by atoms with E-state index in [0.717, 1.165) is 18.7 Å². The monoisotopic (exact) mass is 217 g/mol. The summed E-state index contributed by atoms with van der Waals surface area (Å²) >= 11 is 0. The van der Waals surface area contributed by atoms with E-state index in [1.807, 2.05) is 12.1 Å². The van der Waals surface area contributed by atoms with Crippen molar-refractivity contribution in [1.82, 2.24) is 4.90 Å². The maximum atomic E-state index is 5.37. The first kappa shape index (κ1) is 11.2. The summed E-state index contributed by atoms with van der Waals surface area (Å²) in [4.78, 5) is 2.34. The van der Waals surface area contributed by atoms with Gasteiger partial charge >= 0.3 is 0 Å². The van der Waals surface area contributed by atoms with Gasteiger partial charge in [0.2, 0.25) is 0 Å². The minimum absolute atomic E-state index is 1.00. The van der Waals surface area contributed by atoms with Crippen LogP contribution in [0.5, 0.6) is 5.75 Å². The zero-order valence-electron chi connectivity index (χ0n) is 10.1. The molecule has 0 saturated carbocycles. The van der Waals surface area contributed by atoms with Crippen molar-refractivity contribution in [2.24, 2.45) is 0 Å². The van der Waals surface area contributed by atoms with Crippen molar-refractivity contribution in [3.63, 3.8) is 0 Å². The highest BCUT2D eigenvalue weighted by molar-refractivity contribution is 5.36. The Labute approximate surface area is 97.5 Å². The molecule has 0 amide bonds. The Hall–Kier alpha value is -1.28. The quantitative estimate of drug-likeness (QED) is 0.721. The summed E-state index contributed by atoms with van der Waals surface area (Å²) in [5.74, 6) is 1.00. The summed E-state index contributed by atoms with van der Waals surface area (Å²) in [6, 6.07) is 8.28. The standard InChI is InChI=1S/C14H19NO/c1-15-9-7-12(8-10-15)11-13-5-3-4-6-14(13)16-2/h3-7H,8-11H2,1-2H3. The third-order valence-electron chi connectivity index (χ3n) is 3.12. The molecular weight excluding hydrogens is 198 g/mol. The topological polar surface area (TPSA) is 12.5 Å². The van der Waals surface area contributed by atoms with Crippen molar-refractivity contribution in [2.75, 3.05) is 27.2 Å². The van der Waals surface area contributed by atoms with Gasteiger partial charge in [0.1, 0.15) is 5.75 Å². The number of hydrogen-bond donors (Lipinski definition) is 0. The predicted octanol–water partition coefficient (Wildman–Crippen LogP) is 2.50. The Bertz CT molecular complexity index is 384. The molecule has 2 heteroatoms. The lowest BCUT2D eigenvalue weighted by molar-refractivity contribution is 0.357. The average Bonchev–Trinajstić information content (AvgIpc) is 2.33. The van der Waals surface area contributed by atoms with Crippen LogP contribution in [0.15, 0.2) is 35.9 Å². The molecule has 0 aliphatic carbocycles. The highest BCUT2D eigenvalue weighted by Gasteiger charge is 2.10. The highest BCUT2D eigenvalue weighted by Crippen LogP contribution is 2.23. The van der Waals surface area contributed by atoms with Crippen LogP contribution < -0.4 is 4.74 Å². The van der Waals surface area contributed by atoms with E-state index >= 15 is 0 Å². The third-order valence-corrected chi connectivity index (χ3v) is 3.12. The molecule has 2 rings (SSSR count). The smallest absolute Gasteiger partial charge is 0.122 e. The Morgan fingerprint density at radius 2 is 2.12 bits per heavy atom. The molecule has 1 aliphatic rings. The first-order valence-corrected chi connectivity index (χ1v) is 5.78. The molecule has 0 N–H and O–H groups in total. The average molecular weight is 217 g/mol. The van der Waals surface area contributed by atoms with Gasteiger partial charge in [-0.25, -0.2) is 0 Å². The molecule has 0 aromatic heterocycles. The highest BCUT2D eigenvalue weighted by atomic mass is 16.5. The van der Waals surface area contributed by atoms with Gasteiger partial charge in [-0.05, 0) is 31.5 Å². The molecule has 0 spiro atoms. The summed E-state index contributed by atoms with van der Waals surface area (Å²) in [7, 11) is 3.90. The minimum Gasteiger partial charge on any atom is -0.496 e. The van der Waals surface area contributed by atoms with Gasteiger partial charge < -0.3 is 9.64 Å². The van der Waals surface area contributed by atoms with Crippen LogP contribution >= 0.6 is 0 Å². The molecule has 86 valence electrons. The number of ether oxygens (including phenoxy) is 1. The molecule has 1 aliphatic heterocycles. The number of nitrogens with zero attached hydrogens (tertiary/aromatic N) is 1. The molecule has 0 radical (unpaired) electrons. The van der Waals surface area contributed by atoms with Crippen molar-refractivity contribution in [3.05, 3.63) is 41.5 Å². The van der Waals surface area contributed by atoms with Crippen molar-refractivity contribution < 1.29 is 4.74 Å². The Balaban J connectivity index is 2.09. The van der Waals surface area contributed by atoms with Crippen molar-refractivity contribution in [3.8, 4) is 5.75 Å². The first-order chi connectivity index (χ1) is 7.79. The van der Waals surface area contributed by atoms with Gasteiger partial charge in [-0.2, -0.15) is 0 Å². The van der Waals surface area contributed by atoms with Crippen LogP contribution in [0.3, 0.4) is 0 Å². The van der Waals surface area contributed by atoms with Crippen LogP contribution in [0.1, 0.15) is 12.0 Å². The lowest BCUT2D eigenvalue weighted by atomic mass is 9.99. The van der Waals surface area contributed by atoms with Crippen molar-refractivity contribution >= 4 is 0 Å². The predicted molar refractivity (Wildman–Crippen MR) is 66.9 cm³/mol. The summed E-state index contributed by atoms with van der Waals surface area (Å²) in [5, 5.41) is 0. The van der Waals surface area contributed by atoms with E-state index in [2.05, 4.69) is 30.2 Å².